The van der Waals surface area contributed by atoms with E-state index in [0.717, 1.165) is 17.1 Å². The Bertz CT molecular complexity index is 330. The van der Waals surface area contributed by atoms with Gasteiger partial charge in [0.05, 0.1) is 10.6 Å². The zero-order valence-corrected chi connectivity index (χ0v) is 8.95. The quantitative estimate of drug-likeness (QED) is 0.712. The highest BCUT2D eigenvalue weighted by Gasteiger charge is 2.05. The Morgan fingerprint density at radius 3 is 2.92 bits per heavy atom. The smallest absolute Gasteiger partial charge is 0.102 e. The highest BCUT2D eigenvalue weighted by Crippen LogP contribution is 2.27. The topological polar surface area (TPSA) is 23.8 Å². The van der Waals surface area contributed by atoms with E-state index in [0.29, 0.717) is 10.6 Å². The molecule has 0 atom stereocenters. The van der Waals surface area contributed by atoms with Gasteiger partial charge in [0.1, 0.15) is 6.07 Å². The van der Waals surface area contributed by atoms with Gasteiger partial charge in [-0.15, -0.1) is 11.8 Å². The van der Waals surface area contributed by atoms with Crippen LogP contribution in [-0.4, -0.2) is 5.75 Å². The zero-order valence-electron chi connectivity index (χ0n) is 7.38. The minimum absolute atomic E-state index is 0.545. The first-order valence-electron chi connectivity index (χ1n) is 4.11. The van der Waals surface area contributed by atoms with E-state index in [1.165, 1.54) is 0 Å². The Hall–Kier alpha value is -0.650. The molecule has 3 heteroatoms. The van der Waals surface area contributed by atoms with Gasteiger partial charge in [-0.2, -0.15) is 5.26 Å². The van der Waals surface area contributed by atoms with Gasteiger partial charge >= 0.3 is 0 Å². The Balaban J connectivity index is 2.93. The number of hydrogen-bond acceptors (Lipinski definition) is 2. The summed E-state index contributed by atoms with van der Waals surface area (Å²) in [5.41, 5.74) is 0.600. The molecule has 0 radical (unpaired) electrons. The molecule has 13 heavy (non-hydrogen) atoms. The van der Waals surface area contributed by atoms with Gasteiger partial charge in [0, 0.05) is 4.90 Å². The SMILES string of the molecule is CCCSc1cccc(Cl)c1C#N. The Labute approximate surface area is 87.7 Å². The minimum atomic E-state index is 0.545. The van der Waals surface area contributed by atoms with E-state index in [2.05, 4.69) is 13.0 Å². The highest BCUT2D eigenvalue weighted by atomic mass is 35.5. The number of thioether (sulfide) groups is 1. The molecular weight excluding hydrogens is 202 g/mol. The molecule has 0 N–H and O–H groups in total. The fraction of sp³-hybridized carbons (Fsp3) is 0.300. The molecule has 0 aromatic heterocycles. The van der Waals surface area contributed by atoms with Crippen molar-refractivity contribution in [2.24, 2.45) is 0 Å². The van der Waals surface area contributed by atoms with E-state index in [1.54, 1.807) is 17.8 Å². The van der Waals surface area contributed by atoms with Crippen LogP contribution in [0.4, 0.5) is 0 Å². The molecule has 0 aliphatic carbocycles. The monoisotopic (exact) mass is 211 g/mol. The molecule has 0 amide bonds. The number of benzene rings is 1. The van der Waals surface area contributed by atoms with Crippen molar-refractivity contribution >= 4 is 23.4 Å². The van der Waals surface area contributed by atoms with Gasteiger partial charge in [0.15, 0.2) is 0 Å². The van der Waals surface area contributed by atoms with Crippen molar-refractivity contribution in [2.75, 3.05) is 5.75 Å². The number of nitriles is 1. The molecule has 0 saturated heterocycles. The lowest BCUT2D eigenvalue weighted by molar-refractivity contribution is 1.10. The average Bonchev–Trinajstić information content (AvgIpc) is 2.15. The predicted octanol–water partition coefficient (Wildman–Crippen LogP) is 3.71. The first-order chi connectivity index (χ1) is 6.29. The second kappa shape index (κ2) is 5.16. The molecule has 0 heterocycles. The summed E-state index contributed by atoms with van der Waals surface area (Å²) in [5, 5.41) is 9.40. The summed E-state index contributed by atoms with van der Waals surface area (Å²) in [6.07, 6.45) is 1.10. The molecule has 0 fully saturated rings. The normalized spacial score (nSPS) is 9.62. The maximum Gasteiger partial charge on any atom is 0.102 e. The summed E-state index contributed by atoms with van der Waals surface area (Å²) >= 11 is 7.55. The van der Waals surface area contributed by atoms with Crippen LogP contribution in [-0.2, 0) is 0 Å². The summed E-state index contributed by atoms with van der Waals surface area (Å²) in [5.74, 6) is 1.02. The number of rotatable bonds is 3. The maximum atomic E-state index is 8.85. The van der Waals surface area contributed by atoms with E-state index in [4.69, 9.17) is 16.9 Å². The molecular formula is C10H10ClNS. The van der Waals surface area contributed by atoms with Gasteiger partial charge < -0.3 is 0 Å². The minimum Gasteiger partial charge on any atom is -0.192 e. The molecule has 0 bridgehead atoms. The van der Waals surface area contributed by atoms with Crippen LogP contribution in [0.25, 0.3) is 0 Å². The lowest BCUT2D eigenvalue weighted by Gasteiger charge is -2.03. The van der Waals surface area contributed by atoms with Gasteiger partial charge in [-0.25, -0.2) is 0 Å². The molecule has 0 aliphatic heterocycles. The average molecular weight is 212 g/mol. The fourth-order valence-electron chi connectivity index (χ4n) is 0.945. The van der Waals surface area contributed by atoms with Gasteiger partial charge in [0.2, 0.25) is 0 Å². The van der Waals surface area contributed by atoms with Crippen LogP contribution in [0.3, 0.4) is 0 Å². The zero-order chi connectivity index (χ0) is 9.68. The Kier molecular flexibility index (Phi) is 4.14. The number of hydrogen-bond donors (Lipinski definition) is 0. The molecule has 0 aliphatic rings. The highest BCUT2D eigenvalue weighted by molar-refractivity contribution is 7.99. The summed E-state index contributed by atoms with van der Waals surface area (Å²) in [7, 11) is 0. The van der Waals surface area contributed by atoms with E-state index in [1.807, 2.05) is 12.1 Å². The van der Waals surface area contributed by atoms with E-state index < -0.39 is 0 Å². The van der Waals surface area contributed by atoms with E-state index >= 15 is 0 Å². The van der Waals surface area contributed by atoms with Gasteiger partial charge in [0.25, 0.3) is 0 Å². The van der Waals surface area contributed by atoms with Crippen LogP contribution in [0, 0.1) is 11.3 Å². The van der Waals surface area contributed by atoms with Crippen molar-refractivity contribution in [1.29, 1.82) is 5.26 Å². The third kappa shape index (κ3) is 2.65. The lowest BCUT2D eigenvalue weighted by Crippen LogP contribution is -1.83. The molecule has 1 aromatic rings. The molecule has 0 spiro atoms. The van der Waals surface area contributed by atoms with Crippen LogP contribution in [0.2, 0.25) is 5.02 Å². The van der Waals surface area contributed by atoms with Crippen LogP contribution in [0.5, 0.6) is 0 Å². The lowest BCUT2D eigenvalue weighted by atomic mass is 10.2. The largest absolute Gasteiger partial charge is 0.192 e. The summed E-state index contributed by atoms with van der Waals surface area (Å²) in [4.78, 5) is 0.983. The van der Waals surface area contributed by atoms with Crippen molar-refractivity contribution in [2.45, 2.75) is 18.2 Å². The molecule has 0 saturated carbocycles. The van der Waals surface area contributed by atoms with Crippen LogP contribution < -0.4 is 0 Å². The molecule has 1 nitrogen and oxygen atoms in total. The third-order valence-electron chi connectivity index (χ3n) is 1.55. The van der Waals surface area contributed by atoms with Crippen LogP contribution in [0.1, 0.15) is 18.9 Å². The van der Waals surface area contributed by atoms with Gasteiger partial charge in [-0.05, 0) is 24.3 Å². The standard InChI is InChI=1S/C10H10ClNS/c1-2-6-13-10-5-3-4-9(11)8(10)7-12/h3-5H,2,6H2,1H3. The predicted molar refractivity (Wildman–Crippen MR) is 57.2 cm³/mol. The van der Waals surface area contributed by atoms with Crippen molar-refractivity contribution in [1.82, 2.24) is 0 Å². The molecule has 0 unspecified atom stereocenters. The molecule has 1 rings (SSSR count). The first-order valence-corrected chi connectivity index (χ1v) is 5.47. The van der Waals surface area contributed by atoms with Crippen molar-refractivity contribution in [3.05, 3.63) is 28.8 Å². The van der Waals surface area contributed by atoms with Crippen molar-refractivity contribution in [3.8, 4) is 6.07 Å². The van der Waals surface area contributed by atoms with E-state index in [9.17, 15) is 0 Å². The second-order valence-corrected chi connectivity index (χ2v) is 4.12. The van der Waals surface area contributed by atoms with Gasteiger partial charge in [-0.1, -0.05) is 24.6 Å². The maximum absolute atomic E-state index is 8.85. The van der Waals surface area contributed by atoms with Crippen molar-refractivity contribution < 1.29 is 0 Å². The second-order valence-electron chi connectivity index (χ2n) is 2.57. The first kappa shape index (κ1) is 10.4. The van der Waals surface area contributed by atoms with Crippen LogP contribution in [0.15, 0.2) is 23.1 Å². The molecule has 1 aromatic carbocycles. The van der Waals surface area contributed by atoms with Crippen molar-refractivity contribution in [3.63, 3.8) is 0 Å². The summed E-state index contributed by atoms with van der Waals surface area (Å²) < 4.78 is 0. The fourth-order valence-corrected chi connectivity index (χ4v) is 2.12. The van der Waals surface area contributed by atoms with E-state index in [-0.39, 0.29) is 0 Å². The third-order valence-corrected chi connectivity index (χ3v) is 3.13. The van der Waals surface area contributed by atoms with Gasteiger partial charge in [-0.3, -0.25) is 0 Å². The molecule has 68 valence electrons. The Morgan fingerprint density at radius 1 is 1.54 bits per heavy atom. The summed E-state index contributed by atoms with van der Waals surface area (Å²) in [6, 6.07) is 7.68. The number of nitrogens with zero attached hydrogens (tertiary/aromatic N) is 1. The number of halogens is 1. The van der Waals surface area contributed by atoms with Crippen LogP contribution >= 0.6 is 23.4 Å². The summed E-state index contributed by atoms with van der Waals surface area (Å²) in [6.45, 7) is 2.11. The Morgan fingerprint density at radius 2 is 2.31 bits per heavy atom.